The highest BCUT2D eigenvalue weighted by atomic mass is 16.2. The lowest BCUT2D eigenvalue weighted by Gasteiger charge is -2.41. The minimum atomic E-state index is -1.10. The first-order chi connectivity index (χ1) is 9.34. The van der Waals surface area contributed by atoms with E-state index in [1.165, 1.54) is 4.90 Å². The van der Waals surface area contributed by atoms with Gasteiger partial charge in [-0.05, 0) is 19.4 Å². The zero-order valence-corrected chi connectivity index (χ0v) is 11.4. The zero-order valence-electron chi connectivity index (χ0n) is 11.4. The number of carbonyl (C=O) groups excluding carboxylic acids is 3. The highest BCUT2D eigenvalue weighted by Gasteiger charge is 2.44. The molecule has 1 saturated heterocycles. The van der Waals surface area contributed by atoms with E-state index in [0.717, 1.165) is 0 Å². The Kier molecular flexibility index (Phi) is 3.59. The Balaban J connectivity index is 2.27. The lowest BCUT2D eigenvalue weighted by molar-refractivity contribution is -0.156. The van der Waals surface area contributed by atoms with Crippen LogP contribution in [0, 0.1) is 0 Å². The molecule has 0 saturated carbocycles. The Hall–Kier alpha value is -2.21. The SMILES string of the molecule is CC1(C)C(=O)NC(=O)CN1C(=O)C(N)c1ccccc1. The summed E-state index contributed by atoms with van der Waals surface area (Å²) in [5, 5.41) is 2.22. The van der Waals surface area contributed by atoms with Crippen molar-refractivity contribution in [3.05, 3.63) is 35.9 Å². The van der Waals surface area contributed by atoms with Crippen LogP contribution in [0.3, 0.4) is 0 Å². The number of piperazine rings is 1. The van der Waals surface area contributed by atoms with Crippen molar-refractivity contribution in [2.45, 2.75) is 25.4 Å². The van der Waals surface area contributed by atoms with Crippen LogP contribution in [0.5, 0.6) is 0 Å². The fourth-order valence-electron chi connectivity index (χ4n) is 2.11. The third kappa shape index (κ3) is 2.42. The van der Waals surface area contributed by atoms with Crippen LogP contribution < -0.4 is 11.1 Å². The maximum absolute atomic E-state index is 12.5. The largest absolute Gasteiger partial charge is 0.318 e. The van der Waals surface area contributed by atoms with Gasteiger partial charge in [-0.3, -0.25) is 19.7 Å². The summed E-state index contributed by atoms with van der Waals surface area (Å²) in [6.07, 6.45) is 0. The third-order valence-electron chi connectivity index (χ3n) is 3.48. The molecule has 1 atom stereocenters. The first-order valence-electron chi connectivity index (χ1n) is 6.30. The van der Waals surface area contributed by atoms with Crippen molar-refractivity contribution in [1.82, 2.24) is 10.2 Å². The molecule has 6 heteroatoms. The number of amides is 3. The first-order valence-corrected chi connectivity index (χ1v) is 6.30. The van der Waals surface area contributed by atoms with E-state index in [1.807, 2.05) is 6.07 Å². The minimum absolute atomic E-state index is 0.169. The van der Waals surface area contributed by atoms with Crippen molar-refractivity contribution in [1.29, 1.82) is 0 Å². The van der Waals surface area contributed by atoms with Crippen LogP contribution in [0.1, 0.15) is 25.5 Å². The topological polar surface area (TPSA) is 92.5 Å². The van der Waals surface area contributed by atoms with Crippen LogP contribution in [-0.2, 0) is 14.4 Å². The second-order valence-corrected chi connectivity index (χ2v) is 5.25. The van der Waals surface area contributed by atoms with E-state index < -0.39 is 29.3 Å². The van der Waals surface area contributed by atoms with E-state index in [-0.39, 0.29) is 6.54 Å². The number of imide groups is 1. The number of rotatable bonds is 2. The van der Waals surface area contributed by atoms with Crippen LogP contribution >= 0.6 is 0 Å². The molecule has 0 radical (unpaired) electrons. The predicted octanol–water partition coefficient (Wildman–Crippen LogP) is -0.0500. The highest BCUT2D eigenvalue weighted by Crippen LogP contribution is 2.22. The third-order valence-corrected chi connectivity index (χ3v) is 3.48. The predicted molar refractivity (Wildman–Crippen MR) is 72.3 cm³/mol. The summed E-state index contributed by atoms with van der Waals surface area (Å²) in [6, 6.07) is 7.96. The summed E-state index contributed by atoms with van der Waals surface area (Å²) in [5.74, 6) is -1.44. The summed E-state index contributed by atoms with van der Waals surface area (Å²) < 4.78 is 0. The van der Waals surface area contributed by atoms with Crippen LogP contribution in [-0.4, -0.2) is 34.7 Å². The Morgan fingerprint density at radius 2 is 1.90 bits per heavy atom. The monoisotopic (exact) mass is 275 g/mol. The molecule has 1 aliphatic heterocycles. The summed E-state index contributed by atoms with van der Waals surface area (Å²) in [4.78, 5) is 37.0. The number of nitrogens with one attached hydrogen (secondary N) is 1. The molecular weight excluding hydrogens is 258 g/mol. The van der Waals surface area contributed by atoms with E-state index in [4.69, 9.17) is 5.73 Å². The van der Waals surface area contributed by atoms with Gasteiger partial charge in [0.25, 0.3) is 5.91 Å². The van der Waals surface area contributed by atoms with Gasteiger partial charge in [0.2, 0.25) is 11.8 Å². The number of nitrogens with two attached hydrogens (primary N) is 1. The van der Waals surface area contributed by atoms with Gasteiger partial charge < -0.3 is 10.6 Å². The minimum Gasteiger partial charge on any atom is -0.318 e. The first kappa shape index (κ1) is 14.2. The molecule has 0 spiro atoms. The number of hydrogen-bond acceptors (Lipinski definition) is 4. The van der Waals surface area contributed by atoms with Gasteiger partial charge in [0.15, 0.2) is 0 Å². The second-order valence-electron chi connectivity index (χ2n) is 5.25. The van der Waals surface area contributed by atoms with Gasteiger partial charge in [0.1, 0.15) is 18.1 Å². The fraction of sp³-hybridized carbons (Fsp3) is 0.357. The van der Waals surface area contributed by atoms with Crippen LogP contribution in [0.2, 0.25) is 0 Å². The van der Waals surface area contributed by atoms with Gasteiger partial charge in [0, 0.05) is 0 Å². The van der Waals surface area contributed by atoms with Gasteiger partial charge in [-0.2, -0.15) is 0 Å². The Bertz CT molecular complexity index is 554. The second kappa shape index (κ2) is 5.05. The quantitative estimate of drug-likeness (QED) is 0.740. The molecule has 1 aromatic rings. The molecule has 0 bridgehead atoms. The van der Waals surface area contributed by atoms with E-state index in [0.29, 0.717) is 5.56 Å². The average molecular weight is 275 g/mol. The van der Waals surface area contributed by atoms with E-state index in [1.54, 1.807) is 38.1 Å². The Labute approximate surface area is 116 Å². The van der Waals surface area contributed by atoms with E-state index in [2.05, 4.69) is 5.32 Å². The van der Waals surface area contributed by atoms with Crippen LogP contribution in [0.25, 0.3) is 0 Å². The molecule has 6 nitrogen and oxygen atoms in total. The van der Waals surface area contributed by atoms with E-state index >= 15 is 0 Å². The lowest BCUT2D eigenvalue weighted by atomic mass is 9.96. The molecule has 1 unspecified atom stereocenters. The van der Waals surface area contributed by atoms with Crippen LogP contribution in [0.15, 0.2) is 30.3 Å². The number of hydrogen-bond donors (Lipinski definition) is 2. The van der Waals surface area contributed by atoms with Crippen molar-refractivity contribution < 1.29 is 14.4 Å². The Morgan fingerprint density at radius 3 is 2.50 bits per heavy atom. The van der Waals surface area contributed by atoms with Gasteiger partial charge in [0.05, 0.1) is 0 Å². The Morgan fingerprint density at radius 1 is 1.30 bits per heavy atom. The van der Waals surface area contributed by atoms with Crippen molar-refractivity contribution in [3.63, 3.8) is 0 Å². The fourth-order valence-corrected chi connectivity index (χ4v) is 2.11. The summed E-state index contributed by atoms with van der Waals surface area (Å²) in [7, 11) is 0. The van der Waals surface area contributed by atoms with Gasteiger partial charge >= 0.3 is 0 Å². The number of nitrogens with zero attached hydrogens (tertiary/aromatic N) is 1. The summed E-state index contributed by atoms with van der Waals surface area (Å²) in [6.45, 7) is 3.01. The van der Waals surface area contributed by atoms with Crippen molar-refractivity contribution >= 4 is 17.7 Å². The molecule has 3 N–H and O–H groups in total. The molecule has 3 amide bonds. The summed E-state index contributed by atoms with van der Waals surface area (Å²) in [5.41, 5.74) is 5.49. The molecule has 20 heavy (non-hydrogen) atoms. The van der Waals surface area contributed by atoms with Gasteiger partial charge in [-0.15, -0.1) is 0 Å². The number of carbonyl (C=O) groups is 3. The maximum Gasteiger partial charge on any atom is 0.252 e. The molecule has 106 valence electrons. The standard InChI is InChI=1S/C14H17N3O3/c1-14(2)13(20)16-10(18)8-17(14)12(19)11(15)9-6-4-3-5-7-9/h3-7,11H,8,15H2,1-2H3,(H,16,18,20). The normalized spacial score (nSPS) is 19.4. The van der Waals surface area contributed by atoms with E-state index in [9.17, 15) is 14.4 Å². The van der Waals surface area contributed by atoms with Crippen molar-refractivity contribution in [3.8, 4) is 0 Å². The molecule has 1 heterocycles. The number of benzene rings is 1. The molecule has 0 aliphatic carbocycles. The molecule has 1 fully saturated rings. The zero-order chi connectivity index (χ0) is 14.9. The average Bonchev–Trinajstić information content (AvgIpc) is 2.42. The summed E-state index contributed by atoms with van der Waals surface area (Å²) >= 11 is 0. The maximum atomic E-state index is 12.5. The molecule has 2 rings (SSSR count). The highest BCUT2D eigenvalue weighted by molar-refractivity contribution is 6.06. The molecular formula is C14H17N3O3. The van der Waals surface area contributed by atoms with Gasteiger partial charge in [-0.25, -0.2) is 0 Å². The smallest absolute Gasteiger partial charge is 0.252 e. The van der Waals surface area contributed by atoms with Gasteiger partial charge in [-0.1, -0.05) is 30.3 Å². The molecule has 1 aromatic carbocycles. The van der Waals surface area contributed by atoms with Crippen molar-refractivity contribution in [2.75, 3.05) is 6.54 Å². The lowest BCUT2D eigenvalue weighted by Crippen LogP contribution is -2.66. The van der Waals surface area contributed by atoms with Crippen molar-refractivity contribution in [2.24, 2.45) is 5.73 Å². The molecule has 0 aromatic heterocycles. The van der Waals surface area contributed by atoms with Crippen LogP contribution in [0.4, 0.5) is 0 Å². The molecule has 1 aliphatic rings.